The van der Waals surface area contributed by atoms with Crippen molar-refractivity contribution in [2.45, 2.75) is 0 Å². The van der Waals surface area contributed by atoms with Gasteiger partial charge in [-0.3, -0.25) is 4.79 Å². The molecule has 0 saturated carbocycles. The molecule has 2 aromatic carbocycles. The second kappa shape index (κ2) is 7.51. The number of benzene rings is 2. The first-order valence-electron chi connectivity index (χ1n) is 8.52. The zero-order valence-corrected chi connectivity index (χ0v) is 15.6. The molecule has 134 valence electrons. The number of para-hydroxylation sites is 1. The molecule has 0 aliphatic carbocycles. The van der Waals surface area contributed by atoms with E-state index in [2.05, 4.69) is 5.32 Å². The highest BCUT2D eigenvalue weighted by molar-refractivity contribution is 7.13. The zero-order valence-electron chi connectivity index (χ0n) is 14.8. The van der Waals surface area contributed by atoms with Crippen molar-refractivity contribution >= 4 is 22.9 Å². The summed E-state index contributed by atoms with van der Waals surface area (Å²) in [6, 6.07) is 21.3. The van der Waals surface area contributed by atoms with Gasteiger partial charge >= 0.3 is 0 Å². The molecule has 0 fully saturated rings. The van der Waals surface area contributed by atoms with E-state index in [1.54, 1.807) is 7.11 Å². The summed E-state index contributed by atoms with van der Waals surface area (Å²) in [7, 11) is 1.65. The van der Waals surface area contributed by atoms with E-state index in [1.807, 2.05) is 89.1 Å². The predicted octanol–water partition coefficient (Wildman–Crippen LogP) is 5.47. The highest BCUT2D eigenvalue weighted by Crippen LogP contribution is 2.36. The van der Waals surface area contributed by atoms with Gasteiger partial charge in [-0.2, -0.15) is 0 Å². The molecule has 0 unspecified atom stereocenters. The van der Waals surface area contributed by atoms with Crippen LogP contribution >= 0.6 is 11.3 Å². The molecule has 1 amide bonds. The molecule has 4 rings (SSSR count). The Balaban J connectivity index is 1.76. The fourth-order valence-electron chi connectivity index (χ4n) is 2.94. The first-order valence-corrected chi connectivity index (χ1v) is 9.40. The number of anilines is 1. The van der Waals surface area contributed by atoms with E-state index in [0.717, 1.165) is 28.3 Å². The Morgan fingerprint density at radius 3 is 2.33 bits per heavy atom. The molecule has 0 radical (unpaired) electrons. The molecular weight excluding hydrogens is 356 g/mol. The molecule has 2 heterocycles. The number of nitrogens with one attached hydrogen (secondary N) is 1. The second-order valence-corrected chi connectivity index (χ2v) is 6.85. The van der Waals surface area contributed by atoms with Crippen LogP contribution in [0.5, 0.6) is 5.75 Å². The number of aromatic nitrogens is 1. The Bertz CT molecular complexity index is 1040. The molecule has 1 N–H and O–H groups in total. The van der Waals surface area contributed by atoms with Crippen LogP contribution in [0.3, 0.4) is 0 Å². The van der Waals surface area contributed by atoms with Gasteiger partial charge in [0.2, 0.25) is 0 Å². The lowest BCUT2D eigenvalue weighted by molar-refractivity contribution is 0.103. The Labute approximate surface area is 161 Å². The van der Waals surface area contributed by atoms with E-state index < -0.39 is 0 Å². The van der Waals surface area contributed by atoms with Crippen LogP contribution in [0.25, 0.3) is 16.8 Å². The summed E-state index contributed by atoms with van der Waals surface area (Å²) in [5, 5.41) is 5.01. The van der Waals surface area contributed by atoms with E-state index in [9.17, 15) is 4.79 Å². The van der Waals surface area contributed by atoms with E-state index in [4.69, 9.17) is 4.74 Å². The van der Waals surface area contributed by atoms with Gasteiger partial charge in [0.25, 0.3) is 5.91 Å². The number of amides is 1. The van der Waals surface area contributed by atoms with Crippen LogP contribution < -0.4 is 10.1 Å². The topological polar surface area (TPSA) is 43.3 Å². The number of thiophene rings is 1. The largest absolute Gasteiger partial charge is 0.497 e. The van der Waals surface area contributed by atoms with Crippen molar-refractivity contribution in [1.29, 1.82) is 0 Å². The minimum absolute atomic E-state index is 0.116. The molecule has 4 aromatic rings. The summed E-state index contributed by atoms with van der Waals surface area (Å²) in [6.45, 7) is 0. The monoisotopic (exact) mass is 374 g/mol. The molecule has 2 aromatic heterocycles. The molecule has 5 heteroatoms. The fraction of sp³-hybridized carbons (Fsp3) is 0.0455. The maximum Gasteiger partial charge on any atom is 0.267 e. The van der Waals surface area contributed by atoms with Crippen LogP contribution in [0.2, 0.25) is 0 Å². The fourth-order valence-corrected chi connectivity index (χ4v) is 3.91. The van der Waals surface area contributed by atoms with Gasteiger partial charge in [0, 0.05) is 29.0 Å². The lowest BCUT2D eigenvalue weighted by Gasteiger charge is -2.10. The van der Waals surface area contributed by atoms with Gasteiger partial charge in [-0.15, -0.1) is 11.3 Å². The predicted molar refractivity (Wildman–Crippen MR) is 110 cm³/mol. The van der Waals surface area contributed by atoms with Crippen LogP contribution in [-0.2, 0) is 0 Å². The Kier molecular flexibility index (Phi) is 4.77. The van der Waals surface area contributed by atoms with Gasteiger partial charge < -0.3 is 14.6 Å². The first-order chi connectivity index (χ1) is 13.3. The van der Waals surface area contributed by atoms with Crippen LogP contribution in [0.4, 0.5) is 5.69 Å². The summed E-state index contributed by atoms with van der Waals surface area (Å²) in [5.41, 5.74) is 3.70. The van der Waals surface area contributed by atoms with Gasteiger partial charge in [-0.25, -0.2) is 0 Å². The van der Waals surface area contributed by atoms with Crippen LogP contribution in [0.15, 0.2) is 84.5 Å². The van der Waals surface area contributed by atoms with Crippen molar-refractivity contribution in [3.63, 3.8) is 0 Å². The van der Waals surface area contributed by atoms with Crippen LogP contribution in [0, 0.1) is 0 Å². The van der Waals surface area contributed by atoms with Crippen LogP contribution in [-0.4, -0.2) is 17.6 Å². The number of carbonyl (C=O) groups excluding carboxylic acids is 1. The highest BCUT2D eigenvalue weighted by atomic mass is 32.1. The molecule has 0 aliphatic rings. The molecule has 4 nitrogen and oxygen atoms in total. The van der Waals surface area contributed by atoms with Gasteiger partial charge in [0.05, 0.1) is 12.8 Å². The van der Waals surface area contributed by atoms with Gasteiger partial charge in [-0.05, 0) is 42.0 Å². The number of rotatable bonds is 5. The van der Waals surface area contributed by atoms with E-state index in [0.29, 0.717) is 4.88 Å². The Hall–Kier alpha value is -3.31. The van der Waals surface area contributed by atoms with Crippen LogP contribution in [0.1, 0.15) is 9.67 Å². The average Bonchev–Trinajstić information content (AvgIpc) is 3.38. The molecule has 0 spiro atoms. The van der Waals surface area contributed by atoms with E-state index >= 15 is 0 Å². The summed E-state index contributed by atoms with van der Waals surface area (Å²) in [4.78, 5) is 13.6. The van der Waals surface area contributed by atoms with Crippen molar-refractivity contribution in [2.24, 2.45) is 0 Å². The average molecular weight is 374 g/mol. The minimum atomic E-state index is -0.116. The molecular formula is C22H18N2O2S. The summed E-state index contributed by atoms with van der Waals surface area (Å²) < 4.78 is 7.23. The second-order valence-electron chi connectivity index (χ2n) is 5.97. The lowest BCUT2D eigenvalue weighted by Crippen LogP contribution is -2.12. The Morgan fingerprint density at radius 2 is 1.67 bits per heavy atom. The highest BCUT2D eigenvalue weighted by Gasteiger charge is 2.20. The third-order valence-corrected chi connectivity index (χ3v) is 5.23. The quantitative estimate of drug-likeness (QED) is 0.504. The standard InChI is InChI=1S/C22H18N2O2S/c1-26-18-11-9-16(10-12-18)19-15-27-21(20(19)24-13-5-6-14-24)22(25)23-17-7-3-2-4-8-17/h2-15H,1H3,(H,23,25). The smallest absolute Gasteiger partial charge is 0.267 e. The third kappa shape index (κ3) is 3.50. The van der Waals surface area contributed by atoms with E-state index in [-0.39, 0.29) is 5.91 Å². The minimum Gasteiger partial charge on any atom is -0.497 e. The molecule has 0 aliphatic heterocycles. The van der Waals surface area contributed by atoms with Crippen molar-refractivity contribution < 1.29 is 9.53 Å². The maximum absolute atomic E-state index is 12.9. The first kappa shape index (κ1) is 17.1. The number of ether oxygens (including phenoxy) is 1. The number of methoxy groups -OCH3 is 1. The molecule has 0 saturated heterocycles. The van der Waals surface area contributed by atoms with Crippen molar-refractivity contribution in [1.82, 2.24) is 4.57 Å². The molecule has 27 heavy (non-hydrogen) atoms. The van der Waals surface area contributed by atoms with Gasteiger partial charge in [-0.1, -0.05) is 30.3 Å². The van der Waals surface area contributed by atoms with Crippen molar-refractivity contribution in [3.8, 4) is 22.6 Å². The van der Waals surface area contributed by atoms with Crippen molar-refractivity contribution in [3.05, 3.63) is 89.4 Å². The van der Waals surface area contributed by atoms with E-state index in [1.165, 1.54) is 11.3 Å². The zero-order chi connectivity index (χ0) is 18.6. The number of hydrogen-bond acceptors (Lipinski definition) is 3. The SMILES string of the molecule is COc1ccc(-c2csc(C(=O)Nc3ccccc3)c2-n2cccc2)cc1. The summed E-state index contributed by atoms with van der Waals surface area (Å²) in [5.74, 6) is 0.688. The normalized spacial score (nSPS) is 10.6. The van der Waals surface area contributed by atoms with Crippen molar-refractivity contribution in [2.75, 3.05) is 12.4 Å². The summed E-state index contributed by atoms with van der Waals surface area (Å²) >= 11 is 1.44. The number of carbonyl (C=O) groups is 1. The molecule has 0 atom stereocenters. The Morgan fingerprint density at radius 1 is 0.963 bits per heavy atom. The summed E-state index contributed by atoms with van der Waals surface area (Å²) in [6.07, 6.45) is 3.91. The number of hydrogen-bond donors (Lipinski definition) is 1. The lowest BCUT2D eigenvalue weighted by atomic mass is 10.1. The van der Waals surface area contributed by atoms with Gasteiger partial charge in [0.1, 0.15) is 10.6 Å². The van der Waals surface area contributed by atoms with Gasteiger partial charge in [0.15, 0.2) is 0 Å². The maximum atomic E-state index is 12.9. The third-order valence-electron chi connectivity index (χ3n) is 4.27. The molecule has 0 bridgehead atoms. The number of nitrogens with zero attached hydrogens (tertiary/aromatic N) is 1.